The Morgan fingerprint density at radius 1 is 1.00 bits per heavy atom. The number of anilines is 2. The first-order valence-corrected chi connectivity index (χ1v) is 9.70. The maximum absolute atomic E-state index is 6.08. The molecule has 4 aromatic rings. The molecule has 126 valence electrons. The normalized spacial score (nSPS) is 11.0. The van der Waals surface area contributed by atoms with Crippen molar-refractivity contribution in [2.24, 2.45) is 0 Å². The van der Waals surface area contributed by atoms with Crippen LogP contribution in [0.2, 0.25) is 10.0 Å². The summed E-state index contributed by atoms with van der Waals surface area (Å²) in [7, 11) is 1.65. The Labute approximate surface area is 162 Å². The van der Waals surface area contributed by atoms with Crippen molar-refractivity contribution in [3.63, 3.8) is 0 Å². The molecule has 0 saturated carbocycles. The molecule has 0 aliphatic rings. The zero-order valence-electron chi connectivity index (χ0n) is 12.9. The highest BCUT2D eigenvalue weighted by Gasteiger charge is 2.10. The van der Waals surface area contributed by atoms with Crippen LogP contribution in [0.1, 0.15) is 0 Å². The SMILES string of the molecule is COc1ccc2sc(Nc3nc(-c4ccc(Cl)c(Cl)c4)cs3)nc2c1. The average molecular weight is 408 g/mol. The van der Waals surface area contributed by atoms with Crippen molar-refractivity contribution in [1.82, 2.24) is 9.97 Å². The zero-order valence-corrected chi connectivity index (χ0v) is 16.1. The molecule has 0 amide bonds. The number of aromatic nitrogens is 2. The minimum atomic E-state index is 0.516. The van der Waals surface area contributed by atoms with Crippen molar-refractivity contribution in [2.75, 3.05) is 12.4 Å². The molecule has 2 heterocycles. The van der Waals surface area contributed by atoms with Crippen LogP contribution in [0.15, 0.2) is 41.8 Å². The molecule has 0 aliphatic carbocycles. The van der Waals surface area contributed by atoms with E-state index in [1.807, 2.05) is 35.7 Å². The number of hydrogen-bond donors (Lipinski definition) is 1. The van der Waals surface area contributed by atoms with Crippen LogP contribution in [-0.4, -0.2) is 17.1 Å². The first kappa shape index (κ1) is 16.6. The van der Waals surface area contributed by atoms with Crippen LogP contribution in [0.4, 0.5) is 10.3 Å². The number of nitrogens with one attached hydrogen (secondary N) is 1. The molecule has 0 atom stereocenters. The molecule has 25 heavy (non-hydrogen) atoms. The molecule has 8 heteroatoms. The van der Waals surface area contributed by atoms with Gasteiger partial charge in [0.15, 0.2) is 10.3 Å². The van der Waals surface area contributed by atoms with E-state index in [1.165, 1.54) is 11.3 Å². The van der Waals surface area contributed by atoms with Gasteiger partial charge in [0.05, 0.1) is 33.1 Å². The number of rotatable bonds is 4. The first-order valence-electron chi connectivity index (χ1n) is 7.25. The Hall–Kier alpha value is -1.86. The van der Waals surface area contributed by atoms with Crippen molar-refractivity contribution in [1.29, 1.82) is 0 Å². The Bertz CT molecular complexity index is 1060. The summed E-state index contributed by atoms with van der Waals surface area (Å²) in [6.45, 7) is 0. The molecule has 2 aromatic heterocycles. The summed E-state index contributed by atoms with van der Waals surface area (Å²) >= 11 is 15.1. The fourth-order valence-electron chi connectivity index (χ4n) is 2.30. The third-order valence-corrected chi connectivity index (χ3v) is 5.98. The van der Waals surface area contributed by atoms with Crippen LogP contribution < -0.4 is 10.1 Å². The van der Waals surface area contributed by atoms with Crippen LogP contribution in [0.25, 0.3) is 21.5 Å². The minimum absolute atomic E-state index is 0.516. The largest absolute Gasteiger partial charge is 0.497 e. The Morgan fingerprint density at radius 2 is 1.88 bits per heavy atom. The molecule has 0 unspecified atom stereocenters. The van der Waals surface area contributed by atoms with E-state index in [0.29, 0.717) is 10.0 Å². The summed E-state index contributed by atoms with van der Waals surface area (Å²) in [6, 6.07) is 11.3. The fourth-order valence-corrected chi connectivity index (χ4v) is 4.22. The maximum Gasteiger partial charge on any atom is 0.190 e. The monoisotopic (exact) mass is 407 g/mol. The number of hydrogen-bond acceptors (Lipinski definition) is 6. The number of nitrogens with zero attached hydrogens (tertiary/aromatic N) is 2. The van der Waals surface area contributed by atoms with Gasteiger partial charge in [-0.3, -0.25) is 0 Å². The van der Waals surface area contributed by atoms with Gasteiger partial charge < -0.3 is 10.1 Å². The topological polar surface area (TPSA) is 47.0 Å². The lowest BCUT2D eigenvalue weighted by Gasteiger charge is -1.99. The third kappa shape index (κ3) is 3.43. The lowest BCUT2D eigenvalue weighted by molar-refractivity contribution is 0.415. The van der Waals surface area contributed by atoms with Gasteiger partial charge in [0.1, 0.15) is 5.75 Å². The molecule has 2 aromatic carbocycles. The Morgan fingerprint density at radius 3 is 2.68 bits per heavy atom. The molecular formula is C17H11Cl2N3OS2. The van der Waals surface area contributed by atoms with E-state index in [4.69, 9.17) is 27.9 Å². The molecular weight excluding hydrogens is 397 g/mol. The van der Waals surface area contributed by atoms with Crippen LogP contribution in [-0.2, 0) is 0 Å². The number of fused-ring (bicyclic) bond motifs is 1. The van der Waals surface area contributed by atoms with E-state index < -0.39 is 0 Å². The fraction of sp³-hybridized carbons (Fsp3) is 0.0588. The standard InChI is InChI=1S/C17H11Cl2N3OS2/c1-23-10-3-5-15-13(7-10)20-17(25-15)22-16-21-14(8-24-16)9-2-4-11(18)12(19)6-9/h2-8H,1H3,(H,20,21,22). The second kappa shape index (κ2) is 6.80. The molecule has 1 N–H and O–H groups in total. The smallest absolute Gasteiger partial charge is 0.190 e. The lowest BCUT2D eigenvalue weighted by atomic mass is 10.2. The lowest BCUT2D eigenvalue weighted by Crippen LogP contribution is -1.88. The molecule has 0 saturated heterocycles. The van der Waals surface area contributed by atoms with Crippen LogP contribution in [0.3, 0.4) is 0 Å². The van der Waals surface area contributed by atoms with E-state index in [1.54, 1.807) is 24.5 Å². The molecule has 4 nitrogen and oxygen atoms in total. The van der Waals surface area contributed by atoms with Crippen molar-refractivity contribution in [3.8, 4) is 17.0 Å². The number of thiazole rings is 2. The maximum atomic E-state index is 6.08. The van der Waals surface area contributed by atoms with Gasteiger partial charge in [-0.2, -0.15) is 0 Å². The van der Waals surface area contributed by atoms with E-state index in [2.05, 4.69) is 15.3 Å². The Balaban J connectivity index is 1.59. The van der Waals surface area contributed by atoms with Gasteiger partial charge in [0, 0.05) is 17.0 Å². The van der Waals surface area contributed by atoms with Crippen molar-refractivity contribution in [3.05, 3.63) is 51.8 Å². The Kier molecular flexibility index (Phi) is 4.52. The van der Waals surface area contributed by atoms with E-state index in [0.717, 1.165) is 37.5 Å². The van der Waals surface area contributed by atoms with Gasteiger partial charge in [-0.25, -0.2) is 9.97 Å². The van der Waals surface area contributed by atoms with Gasteiger partial charge in [0.2, 0.25) is 0 Å². The highest BCUT2D eigenvalue weighted by Crippen LogP contribution is 2.34. The summed E-state index contributed by atoms with van der Waals surface area (Å²) in [5, 5.41) is 7.84. The van der Waals surface area contributed by atoms with Gasteiger partial charge in [-0.1, -0.05) is 40.6 Å². The summed E-state index contributed by atoms with van der Waals surface area (Å²) in [6.07, 6.45) is 0. The van der Waals surface area contributed by atoms with Gasteiger partial charge >= 0.3 is 0 Å². The van der Waals surface area contributed by atoms with Crippen molar-refractivity contribution >= 4 is 66.4 Å². The highest BCUT2D eigenvalue weighted by atomic mass is 35.5. The van der Waals surface area contributed by atoms with Crippen LogP contribution in [0, 0.1) is 0 Å². The summed E-state index contributed by atoms with van der Waals surface area (Å²) in [4.78, 5) is 9.18. The number of ether oxygens (including phenoxy) is 1. The quantitative estimate of drug-likeness (QED) is 0.420. The number of halogens is 2. The summed E-state index contributed by atoms with van der Waals surface area (Å²) < 4.78 is 6.32. The second-order valence-electron chi connectivity index (χ2n) is 5.14. The van der Waals surface area contributed by atoms with Crippen LogP contribution >= 0.6 is 45.9 Å². The predicted molar refractivity (Wildman–Crippen MR) is 107 cm³/mol. The number of methoxy groups -OCH3 is 1. The molecule has 4 rings (SSSR count). The van der Waals surface area contributed by atoms with E-state index >= 15 is 0 Å². The van der Waals surface area contributed by atoms with E-state index in [-0.39, 0.29) is 0 Å². The highest BCUT2D eigenvalue weighted by molar-refractivity contribution is 7.22. The molecule has 0 radical (unpaired) electrons. The molecule has 0 spiro atoms. The second-order valence-corrected chi connectivity index (χ2v) is 7.85. The summed E-state index contributed by atoms with van der Waals surface area (Å²) in [5.74, 6) is 0.792. The van der Waals surface area contributed by atoms with Gasteiger partial charge in [0.25, 0.3) is 0 Å². The predicted octanol–water partition coefficient (Wildman–Crippen LogP) is 6.48. The van der Waals surface area contributed by atoms with Crippen molar-refractivity contribution < 1.29 is 4.74 Å². The molecule has 0 bridgehead atoms. The van der Waals surface area contributed by atoms with Gasteiger partial charge in [-0.15, -0.1) is 11.3 Å². The first-order chi connectivity index (χ1) is 12.1. The molecule has 0 aliphatic heterocycles. The van der Waals surface area contributed by atoms with E-state index in [9.17, 15) is 0 Å². The third-order valence-electron chi connectivity index (χ3n) is 3.53. The van der Waals surface area contributed by atoms with Crippen molar-refractivity contribution in [2.45, 2.75) is 0 Å². The van der Waals surface area contributed by atoms with Gasteiger partial charge in [-0.05, 0) is 24.3 Å². The van der Waals surface area contributed by atoms with Crippen LogP contribution in [0.5, 0.6) is 5.75 Å². The number of benzene rings is 2. The zero-order chi connectivity index (χ0) is 17.4. The molecule has 0 fully saturated rings. The summed E-state index contributed by atoms with van der Waals surface area (Å²) in [5.41, 5.74) is 2.66. The minimum Gasteiger partial charge on any atom is -0.497 e. The average Bonchev–Trinajstić information content (AvgIpc) is 3.23.